The van der Waals surface area contributed by atoms with Crippen LogP contribution in [0.4, 0.5) is 10.2 Å². The zero-order valence-corrected chi connectivity index (χ0v) is 13.1. The second-order valence-electron chi connectivity index (χ2n) is 5.96. The van der Waals surface area contributed by atoms with E-state index in [0.29, 0.717) is 5.92 Å². The number of hydrogen-bond acceptors (Lipinski definition) is 4. The average Bonchev–Trinajstić information content (AvgIpc) is 2.52. The van der Waals surface area contributed by atoms with Gasteiger partial charge in [-0.05, 0) is 37.2 Å². The Labute approximate surface area is 137 Å². The Hall–Kier alpha value is -1.89. The number of pyridine rings is 1. The highest BCUT2D eigenvalue weighted by Gasteiger charge is 2.39. The molecule has 2 bridgehead atoms. The summed E-state index contributed by atoms with van der Waals surface area (Å²) in [6.07, 6.45) is 5.87. The lowest BCUT2D eigenvalue weighted by Gasteiger charge is -2.40. The smallest absolute Gasteiger partial charge is 0.338 e. The number of nitrogens with two attached hydrogens (primary N) is 1. The number of fused-ring (bicyclic) bond motifs is 3. The largest absolute Gasteiger partial charge is 0.481 e. The summed E-state index contributed by atoms with van der Waals surface area (Å²) >= 11 is 5.36. The molecule has 0 spiro atoms. The van der Waals surface area contributed by atoms with Crippen LogP contribution in [-0.4, -0.2) is 27.1 Å². The fourth-order valence-corrected chi connectivity index (χ4v) is 3.54. The van der Waals surface area contributed by atoms with Crippen molar-refractivity contribution < 1.29 is 24.2 Å². The van der Waals surface area contributed by atoms with Gasteiger partial charge < -0.3 is 15.9 Å². The van der Waals surface area contributed by atoms with Crippen LogP contribution in [0.15, 0.2) is 6.07 Å². The molecule has 1 heterocycles. The van der Waals surface area contributed by atoms with E-state index in [1.807, 2.05) is 0 Å². The zero-order chi connectivity index (χ0) is 17.1. The number of hydrogen-bond donors (Lipinski definition) is 3. The minimum Gasteiger partial charge on any atom is -0.481 e. The summed E-state index contributed by atoms with van der Waals surface area (Å²) in [5.74, 6) is -1.95. The van der Waals surface area contributed by atoms with E-state index in [0.717, 1.165) is 18.4 Å². The molecule has 8 heteroatoms. The molecule has 1 unspecified atom stereocenters. The molecule has 4 N–H and O–H groups in total. The lowest BCUT2D eigenvalue weighted by atomic mass is 9.65. The number of carboxylic acids is 2. The van der Waals surface area contributed by atoms with Crippen LogP contribution >= 0.6 is 11.6 Å². The Balaban J connectivity index is 0.000000167. The van der Waals surface area contributed by atoms with Crippen LogP contribution in [0.5, 0.6) is 0 Å². The number of halogens is 2. The number of aromatic nitrogens is 1. The molecule has 1 aromatic rings. The monoisotopic (exact) mass is 344 g/mol. The topological polar surface area (TPSA) is 114 Å². The van der Waals surface area contributed by atoms with Crippen molar-refractivity contribution in [3.63, 3.8) is 0 Å². The predicted molar refractivity (Wildman–Crippen MR) is 81.8 cm³/mol. The predicted octanol–water partition coefficient (Wildman–Crippen LogP) is 3.05. The van der Waals surface area contributed by atoms with E-state index in [1.165, 1.54) is 25.7 Å². The SMILES string of the molecule is Nc1nc(Cl)c(C(=O)O)cc1F.O=C(O)C1CC2CCC1CC2. The standard InChI is InChI=1S/C9H14O2.C6H4ClFN2O2/c10-9(11)8-5-6-1-3-7(8)4-2-6;7-4-2(6(11)12)1-3(8)5(9)10-4/h6-8H,1-5H2,(H,10,11);1H,(H2,9,10)(H,11,12). The highest BCUT2D eigenvalue weighted by Crippen LogP contribution is 2.44. The summed E-state index contributed by atoms with van der Waals surface area (Å²) in [6, 6.07) is 0.729. The lowest BCUT2D eigenvalue weighted by Crippen LogP contribution is -2.35. The van der Waals surface area contributed by atoms with Gasteiger partial charge in [0.2, 0.25) is 0 Å². The maximum Gasteiger partial charge on any atom is 0.338 e. The van der Waals surface area contributed by atoms with E-state index in [9.17, 15) is 14.0 Å². The van der Waals surface area contributed by atoms with E-state index in [2.05, 4.69) is 4.98 Å². The molecule has 0 aliphatic heterocycles. The third kappa shape index (κ3) is 4.10. The molecule has 3 fully saturated rings. The van der Waals surface area contributed by atoms with Crippen LogP contribution in [0.25, 0.3) is 0 Å². The van der Waals surface area contributed by atoms with Gasteiger partial charge in [0.1, 0.15) is 5.15 Å². The van der Waals surface area contributed by atoms with Gasteiger partial charge in [-0.3, -0.25) is 4.79 Å². The Bertz CT molecular complexity index is 618. The molecule has 0 radical (unpaired) electrons. The molecule has 3 saturated carbocycles. The molecule has 3 aliphatic rings. The summed E-state index contributed by atoms with van der Waals surface area (Å²) in [6.45, 7) is 0. The van der Waals surface area contributed by atoms with Crippen molar-refractivity contribution in [2.75, 3.05) is 5.73 Å². The van der Waals surface area contributed by atoms with Crippen molar-refractivity contribution in [3.05, 3.63) is 22.6 Å². The number of aliphatic carboxylic acids is 1. The van der Waals surface area contributed by atoms with Crippen molar-refractivity contribution in [2.45, 2.75) is 32.1 Å². The Morgan fingerprint density at radius 3 is 2.26 bits per heavy atom. The lowest BCUT2D eigenvalue weighted by molar-refractivity contribution is -0.147. The first-order chi connectivity index (χ1) is 10.8. The van der Waals surface area contributed by atoms with Crippen LogP contribution in [0.3, 0.4) is 0 Å². The number of rotatable bonds is 2. The minimum absolute atomic E-state index is 0.00231. The van der Waals surface area contributed by atoms with E-state index < -0.39 is 29.1 Å². The van der Waals surface area contributed by atoms with Crippen molar-refractivity contribution >= 4 is 29.4 Å². The van der Waals surface area contributed by atoms with Gasteiger partial charge in [0.15, 0.2) is 11.6 Å². The van der Waals surface area contributed by atoms with Gasteiger partial charge in [-0.15, -0.1) is 0 Å². The van der Waals surface area contributed by atoms with E-state index in [4.69, 9.17) is 27.5 Å². The Kier molecular flexibility index (Phi) is 5.41. The van der Waals surface area contributed by atoms with Crippen molar-refractivity contribution in [1.82, 2.24) is 4.98 Å². The summed E-state index contributed by atoms with van der Waals surface area (Å²) in [5, 5.41) is 17.0. The molecule has 1 atom stereocenters. The first-order valence-electron chi connectivity index (χ1n) is 7.37. The number of nitrogens with zero attached hydrogens (tertiary/aromatic N) is 1. The molecule has 0 saturated heterocycles. The van der Waals surface area contributed by atoms with Gasteiger partial charge in [-0.25, -0.2) is 14.2 Å². The van der Waals surface area contributed by atoms with Crippen LogP contribution in [0.2, 0.25) is 5.15 Å². The summed E-state index contributed by atoms with van der Waals surface area (Å²) < 4.78 is 12.6. The molecule has 3 aliphatic carbocycles. The van der Waals surface area contributed by atoms with Crippen molar-refractivity contribution in [1.29, 1.82) is 0 Å². The number of carbonyl (C=O) groups is 2. The van der Waals surface area contributed by atoms with Gasteiger partial charge >= 0.3 is 11.9 Å². The first kappa shape index (κ1) is 17.5. The fraction of sp³-hybridized carbons (Fsp3) is 0.533. The summed E-state index contributed by atoms with van der Waals surface area (Å²) in [4.78, 5) is 24.4. The quantitative estimate of drug-likeness (QED) is 0.710. The molecule has 6 nitrogen and oxygen atoms in total. The number of carboxylic acid groups (broad SMARTS) is 2. The molecule has 0 aromatic carbocycles. The number of nitrogen functional groups attached to an aromatic ring is 1. The fourth-order valence-electron chi connectivity index (χ4n) is 3.31. The molecular weight excluding hydrogens is 327 g/mol. The van der Waals surface area contributed by atoms with Crippen molar-refractivity contribution in [3.8, 4) is 0 Å². The Morgan fingerprint density at radius 1 is 1.26 bits per heavy atom. The van der Waals surface area contributed by atoms with E-state index >= 15 is 0 Å². The highest BCUT2D eigenvalue weighted by molar-refractivity contribution is 6.32. The van der Waals surface area contributed by atoms with Gasteiger partial charge in [0.05, 0.1) is 11.5 Å². The minimum atomic E-state index is -1.34. The first-order valence-corrected chi connectivity index (χ1v) is 7.75. The molecule has 126 valence electrons. The third-order valence-electron chi connectivity index (χ3n) is 4.55. The number of aromatic carboxylic acids is 1. The van der Waals surface area contributed by atoms with Crippen LogP contribution in [0.1, 0.15) is 42.5 Å². The zero-order valence-electron chi connectivity index (χ0n) is 12.3. The summed E-state index contributed by atoms with van der Waals surface area (Å²) in [7, 11) is 0. The third-order valence-corrected chi connectivity index (χ3v) is 4.84. The molecular formula is C15H18ClFN2O4. The average molecular weight is 345 g/mol. The van der Waals surface area contributed by atoms with Gasteiger partial charge in [-0.1, -0.05) is 24.4 Å². The Morgan fingerprint density at radius 2 is 1.87 bits per heavy atom. The molecule has 0 amide bonds. The maximum atomic E-state index is 12.6. The molecule has 23 heavy (non-hydrogen) atoms. The van der Waals surface area contributed by atoms with E-state index in [-0.39, 0.29) is 11.1 Å². The molecule has 1 aromatic heterocycles. The van der Waals surface area contributed by atoms with Gasteiger partial charge in [0, 0.05) is 0 Å². The van der Waals surface area contributed by atoms with Gasteiger partial charge in [-0.2, -0.15) is 0 Å². The van der Waals surface area contributed by atoms with Crippen LogP contribution in [0, 0.1) is 23.6 Å². The maximum absolute atomic E-state index is 12.6. The highest BCUT2D eigenvalue weighted by atomic mass is 35.5. The second-order valence-corrected chi connectivity index (χ2v) is 6.32. The van der Waals surface area contributed by atoms with Gasteiger partial charge in [0.25, 0.3) is 0 Å². The molecule has 4 rings (SSSR count). The summed E-state index contributed by atoms with van der Waals surface area (Å²) in [5.41, 5.74) is 4.63. The second kappa shape index (κ2) is 7.12. The van der Waals surface area contributed by atoms with Crippen LogP contribution < -0.4 is 5.73 Å². The normalized spacial score (nSPS) is 25.4. The van der Waals surface area contributed by atoms with E-state index in [1.54, 1.807) is 0 Å². The van der Waals surface area contributed by atoms with Crippen molar-refractivity contribution in [2.24, 2.45) is 17.8 Å². The van der Waals surface area contributed by atoms with Crippen LogP contribution in [-0.2, 0) is 4.79 Å². The number of anilines is 1.